The van der Waals surface area contributed by atoms with Gasteiger partial charge in [-0.1, -0.05) is 12.1 Å². The first kappa shape index (κ1) is 36.5. The summed E-state index contributed by atoms with van der Waals surface area (Å²) in [5.41, 5.74) is -4.06. The van der Waals surface area contributed by atoms with E-state index in [0.717, 1.165) is 0 Å². The van der Waals surface area contributed by atoms with Crippen LogP contribution in [0.25, 0.3) is 0 Å². The van der Waals surface area contributed by atoms with Crippen LogP contribution in [0.3, 0.4) is 0 Å². The fraction of sp³-hybridized carbons (Fsp3) is 0.514. The Hall–Kier alpha value is -4.29. The van der Waals surface area contributed by atoms with Crippen molar-refractivity contribution in [2.75, 3.05) is 26.8 Å². The third-order valence-electron chi connectivity index (χ3n) is 10.4. The SMILES string of the molecule is COc1cccc2c1C(=O)c1c(O)c3c(c(O)c1C2=O)CC(O)(C(=O)CO)CC3OC1CC(NCC(=O)[C@@H]2CC(O)CN2C(C)=O)C(O)C(C)O1. The number of nitrogens with one attached hydrogen (secondary N) is 1. The predicted molar refractivity (Wildman–Crippen MR) is 172 cm³/mol. The zero-order valence-electron chi connectivity index (χ0n) is 28.1. The molecule has 6 rings (SSSR count). The van der Waals surface area contributed by atoms with Crippen LogP contribution in [0, 0.1) is 0 Å². The highest BCUT2D eigenvalue weighted by molar-refractivity contribution is 6.31. The third kappa shape index (κ3) is 6.20. The van der Waals surface area contributed by atoms with E-state index in [2.05, 4.69) is 5.32 Å². The molecule has 16 heteroatoms. The summed E-state index contributed by atoms with van der Waals surface area (Å²) >= 11 is 0. The highest BCUT2D eigenvalue weighted by Crippen LogP contribution is 2.52. The van der Waals surface area contributed by atoms with Crippen LogP contribution in [0.5, 0.6) is 17.2 Å². The van der Waals surface area contributed by atoms with Crippen molar-refractivity contribution in [1.29, 1.82) is 0 Å². The highest BCUT2D eigenvalue weighted by Gasteiger charge is 2.50. The van der Waals surface area contributed by atoms with Gasteiger partial charge in [-0.3, -0.25) is 24.0 Å². The molecule has 4 aliphatic rings. The van der Waals surface area contributed by atoms with Gasteiger partial charge >= 0.3 is 0 Å². The van der Waals surface area contributed by atoms with E-state index in [9.17, 15) is 54.6 Å². The van der Waals surface area contributed by atoms with E-state index in [0.29, 0.717) is 0 Å². The number of aliphatic hydroxyl groups excluding tert-OH is 3. The number of benzene rings is 2. The number of hydrogen-bond donors (Lipinski definition) is 7. The average Bonchev–Trinajstić information content (AvgIpc) is 3.50. The summed E-state index contributed by atoms with van der Waals surface area (Å²) in [6, 6.07) is 2.62. The molecule has 7 N–H and O–H groups in total. The van der Waals surface area contributed by atoms with E-state index in [-0.39, 0.29) is 65.6 Å². The molecule has 2 aliphatic heterocycles. The number of nitrogens with zero attached hydrogens (tertiary/aromatic N) is 1. The maximum atomic E-state index is 13.9. The van der Waals surface area contributed by atoms with Crippen LogP contribution in [0.4, 0.5) is 0 Å². The molecule has 0 saturated carbocycles. The van der Waals surface area contributed by atoms with Gasteiger partial charge in [-0.15, -0.1) is 0 Å². The second kappa shape index (κ2) is 13.7. The maximum absolute atomic E-state index is 13.9. The van der Waals surface area contributed by atoms with Crippen molar-refractivity contribution in [3.63, 3.8) is 0 Å². The topological polar surface area (TPSA) is 250 Å². The van der Waals surface area contributed by atoms with Gasteiger partial charge in [0.15, 0.2) is 23.6 Å². The van der Waals surface area contributed by atoms with Crippen molar-refractivity contribution in [3.8, 4) is 17.2 Å². The summed E-state index contributed by atoms with van der Waals surface area (Å²) in [5.74, 6) is -4.84. The number of Topliss-reactive ketones (excluding diaryl/α,β-unsaturated/α-hetero) is 2. The molecule has 1 amide bonds. The monoisotopic (exact) mass is 712 g/mol. The summed E-state index contributed by atoms with van der Waals surface area (Å²) in [7, 11) is 1.30. The molecule has 51 heavy (non-hydrogen) atoms. The number of aliphatic hydroxyl groups is 4. The number of carbonyl (C=O) groups is 5. The van der Waals surface area contributed by atoms with Crippen molar-refractivity contribution < 1.29 is 68.8 Å². The first-order valence-corrected chi connectivity index (χ1v) is 16.6. The molecule has 2 aliphatic carbocycles. The lowest BCUT2D eigenvalue weighted by molar-refractivity contribution is -0.249. The summed E-state index contributed by atoms with van der Waals surface area (Å²) in [4.78, 5) is 66.9. The molecule has 2 heterocycles. The molecule has 7 unspecified atom stereocenters. The molecule has 2 fully saturated rings. The molecule has 0 bridgehead atoms. The van der Waals surface area contributed by atoms with Crippen LogP contribution in [0.1, 0.15) is 82.2 Å². The van der Waals surface area contributed by atoms with Crippen molar-refractivity contribution >= 4 is 29.0 Å². The average molecular weight is 713 g/mol. The lowest BCUT2D eigenvalue weighted by atomic mass is 9.72. The van der Waals surface area contributed by atoms with Gasteiger partial charge < -0.3 is 55.1 Å². The second-order valence-corrected chi connectivity index (χ2v) is 13.5. The van der Waals surface area contributed by atoms with E-state index in [4.69, 9.17) is 14.2 Å². The van der Waals surface area contributed by atoms with Gasteiger partial charge in [0.25, 0.3) is 0 Å². The lowest BCUT2D eigenvalue weighted by Gasteiger charge is -2.43. The Morgan fingerprint density at radius 1 is 1.06 bits per heavy atom. The molecule has 2 saturated heterocycles. The van der Waals surface area contributed by atoms with E-state index < -0.39 is 108 Å². The number of rotatable bonds is 9. The second-order valence-electron chi connectivity index (χ2n) is 13.5. The van der Waals surface area contributed by atoms with Crippen LogP contribution in [0.2, 0.25) is 0 Å². The molecule has 0 radical (unpaired) electrons. The van der Waals surface area contributed by atoms with E-state index in [1.54, 1.807) is 0 Å². The maximum Gasteiger partial charge on any atom is 0.220 e. The minimum atomic E-state index is -2.34. The van der Waals surface area contributed by atoms with Gasteiger partial charge in [-0.25, -0.2) is 0 Å². The fourth-order valence-corrected chi connectivity index (χ4v) is 7.74. The Balaban J connectivity index is 1.33. The molecule has 2 aromatic rings. The van der Waals surface area contributed by atoms with Gasteiger partial charge in [-0.05, 0) is 13.0 Å². The van der Waals surface area contributed by atoms with E-state index in [1.807, 2.05) is 0 Å². The largest absolute Gasteiger partial charge is 0.507 e. The number of fused-ring (bicyclic) bond motifs is 3. The van der Waals surface area contributed by atoms with Crippen LogP contribution >= 0.6 is 0 Å². The number of ether oxygens (including phenoxy) is 3. The minimum Gasteiger partial charge on any atom is -0.507 e. The zero-order valence-corrected chi connectivity index (χ0v) is 28.1. The number of phenolic OH excluding ortho intramolecular Hbond substituents is 2. The number of aromatic hydroxyl groups is 2. The number of β-amino-alcohol motifs (C(OH)–C–C–N with tert-alkyl or cyclic N) is 1. The summed E-state index contributed by atoms with van der Waals surface area (Å²) < 4.78 is 17.4. The normalized spacial score (nSPS) is 30.0. The Morgan fingerprint density at radius 3 is 2.43 bits per heavy atom. The molecule has 8 atom stereocenters. The third-order valence-corrected chi connectivity index (χ3v) is 10.4. The molecule has 16 nitrogen and oxygen atoms in total. The van der Waals surface area contributed by atoms with Crippen LogP contribution < -0.4 is 10.1 Å². The first-order valence-electron chi connectivity index (χ1n) is 16.6. The molecular weight excluding hydrogens is 672 g/mol. The number of phenols is 2. The van der Waals surface area contributed by atoms with Crippen LogP contribution in [-0.4, -0.2) is 134 Å². The van der Waals surface area contributed by atoms with Gasteiger partial charge in [0.05, 0.1) is 60.8 Å². The Labute approximate surface area is 291 Å². The fourth-order valence-electron chi connectivity index (χ4n) is 7.74. The summed E-state index contributed by atoms with van der Waals surface area (Å²) in [6.45, 7) is 1.51. The van der Waals surface area contributed by atoms with Crippen LogP contribution in [0.15, 0.2) is 18.2 Å². The molecule has 274 valence electrons. The quantitative estimate of drug-likeness (QED) is 0.134. The van der Waals surface area contributed by atoms with Gasteiger partial charge in [0.2, 0.25) is 11.7 Å². The number of amides is 1. The zero-order chi connectivity index (χ0) is 37.1. The Morgan fingerprint density at radius 2 is 1.76 bits per heavy atom. The highest BCUT2D eigenvalue weighted by atomic mass is 16.7. The number of methoxy groups -OCH3 is 1. The molecule has 0 spiro atoms. The number of ketones is 4. The summed E-state index contributed by atoms with van der Waals surface area (Å²) in [6.07, 6.45) is -6.83. The van der Waals surface area contributed by atoms with Crippen molar-refractivity contribution in [2.24, 2.45) is 0 Å². The van der Waals surface area contributed by atoms with E-state index >= 15 is 0 Å². The number of hydrogen-bond acceptors (Lipinski definition) is 15. The molecular formula is C35H40N2O14. The van der Waals surface area contributed by atoms with Crippen LogP contribution in [-0.2, 0) is 30.3 Å². The Kier molecular flexibility index (Phi) is 9.79. The minimum absolute atomic E-state index is 0.0258. The van der Waals surface area contributed by atoms with Gasteiger partial charge in [-0.2, -0.15) is 0 Å². The van der Waals surface area contributed by atoms with Crippen molar-refractivity contribution in [3.05, 3.63) is 51.6 Å². The van der Waals surface area contributed by atoms with Gasteiger partial charge in [0.1, 0.15) is 29.5 Å². The lowest BCUT2D eigenvalue weighted by Crippen LogP contribution is -2.56. The standard InChI is InChI=1S/C35H40N2O14/c1-14-30(43)19(36-11-21(41)20-7-16(40)12-37(20)15(2)39)8-25(50-14)51-23-10-35(48,24(42)13-38)9-18-27(23)34(47)29-28(32(18)45)31(44)17-5-4-6-22(49-3)26(17)33(29)46/h4-6,14,16,19-20,23,25,30,36,38,40,43,45,47-48H,7-13H2,1-3H3/t14?,16?,19?,20-,23?,25?,30?,35?/m0/s1. The Bertz CT molecular complexity index is 1810. The van der Waals surface area contributed by atoms with Crippen molar-refractivity contribution in [2.45, 2.75) is 87.9 Å². The van der Waals surface area contributed by atoms with Crippen molar-refractivity contribution in [1.82, 2.24) is 10.2 Å². The van der Waals surface area contributed by atoms with E-state index in [1.165, 1.54) is 44.1 Å². The first-order chi connectivity index (χ1) is 24.1. The smallest absolute Gasteiger partial charge is 0.220 e. The molecule has 2 aromatic carbocycles. The molecule has 0 aromatic heterocycles. The number of likely N-dealkylation sites (tertiary alicyclic amines) is 1. The number of carbonyl (C=O) groups excluding carboxylic acids is 5. The predicted octanol–water partition coefficient (Wildman–Crippen LogP) is -0.817. The summed E-state index contributed by atoms with van der Waals surface area (Å²) in [5, 5.41) is 68.4. The van der Waals surface area contributed by atoms with Gasteiger partial charge in [0, 0.05) is 61.9 Å².